The summed E-state index contributed by atoms with van der Waals surface area (Å²) in [4.78, 5) is 19.1. The number of anilines is 2. The molecule has 1 N–H and O–H groups in total. The van der Waals surface area contributed by atoms with Crippen molar-refractivity contribution in [2.75, 3.05) is 12.4 Å². The Morgan fingerprint density at radius 2 is 2.16 bits per heavy atom. The van der Waals surface area contributed by atoms with E-state index in [1.54, 1.807) is 12.1 Å². The maximum atomic E-state index is 13.1. The van der Waals surface area contributed by atoms with Crippen molar-refractivity contribution >= 4 is 33.4 Å². The number of benzene rings is 1. The van der Waals surface area contributed by atoms with E-state index in [-0.39, 0.29) is 11.5 Å². The summed E-state index contributed by atoms with van der Waals surface area (Å²) in [6.45, 7) is 0. The zero-order chi connectivity index (χ0) is 13.8. The van der Waals surface area contributed by atoms with Crippen molar-refractivity contribution in [1.29, 1.82) is 0 Å². The van der Waals surface area contributed by atoms with Crippen LogP contribution in [0.3, 0.4) is 0 Å². The third-order valence-corrected chi connectivity index (χ3v) is 2.85. The van der Waals surface area contributed by atoms with Crippen molar-refractivity contribution in [2.24, 2.45) is 0 Å². The Hall–Kier alpha value is -2.02. The lowest BCUT2D eigenvalue weighted by molar-refractivity contribution is 0.0593. The molecule has 0 unspecified atom stereocenters. The molecule has 0 amide bonds. The summed E-state index contributed by atoms with van der Waals surface area (Å²) in [6, 6.07) is 4.46. The number of nitrogens with one attached hydrogen (secondary N) is 1. The molecule has 2 rings (SSSR count). The van der Waals surface area contributed by atoms with Crippen LogP contribution in [0.1, 0.15) is 10.5 Å². The number of hydrogen-bond donors (Lipinski definition) is 1. The van der Waals surface area contributed by atoms with Gasteiger partial charge in [-0.2, -0.15) is 0 Å². The monoisotopic (exact) mass is 325 g/mol. The van der Waals surface area contributed by atoms with Gasteiger partial charge >= 0.3 is 5.97 Å². The Kier molecular flexibility index (Phi) is 4.06. The Morgan fingerprint density at radius 3 is 2.74 bits per heavy atom. The molecule has 0 atom stereocenters. The first-order chi connectivity index (χ1) is 9.10. The van der Waals surface area contributed by atoms with E-state index in [9.17, 15) is 9.18 Å². The maximum Gasteiger partial charge on any atom is 0.358 e. The first-order valence-corrected chi connectivity index (χ1v) is 6.02. The second-order valence-corrected chi connectivity index (χ2v) is 4.39. The lowest BCUT2D eigenvalue weighted by Crippen LogP contribution is -2.05. The average molecular weight is 326 g/mol. The summed E-state index contributed by atoms with van der Waals surface area (Å²) in [5.74, 6) is -0.465. The van der Waals surface area contributed by atoms with Gasteiger partial charge in [0.25, 0.3) is 0 Å². The first-order valence-electron chi connectivity index (χ1n) is 5.22. The number of rotatable bonds is 3. The predicted octanol–water partition coefficient (Wildman–Crippen LogP) is 2.91. The van der Waals surface area contributed by atoms with Crippen LogP contribution in [0.5, 0.6) is 0 Å². The van der Waals surface area contributed by atoms with Crippen LogP contribution in [0.2, 0.25) is 0 Å². The quantitative estimate of drug-likeness (QED) is 0.879. The molecule has 1 aromatic heterocycles. The highest BCUT2D eigenvalue weighted by atomic mass is 79.9. The van der Waals surface area contributed by atoms with Crippen LogP contribution in [0.4, 0.5) is 15.9 Å². The zero-order valence-electron chi connectivity index (χ0n) is 9.85. The van der Waals surface area contributed by atoms with Crippen molar-refractivity contribution in [3.8, 4) is 0 Å². The number of nitrogens with zero attached hydrogens (tertiary/aromatic N) is 2. The third kappa shape index (κ3) is 3.25. The lowest BCUT2D eigenvalue weighted by Gasteiger charge is -2.06. The van der Waals surface area contributed by atoms with Gasteiger partial charge in [0.05, 0.1) is 24.0 Å². The average Bonchev–Trinajstić information content (AvgIpc) is 2.43. The molecule has 0 bridgehead atoms. The summed E-state index contributed by atoms with van der Waals surface area (Å²) in [7, 11) is 1.27. The summed E-state index contributed by atoms with van der Waals surface area (Å²) in [5, 5.41) is 2.93. The number of hydrogen-bond acceptors (Lipinski definition) is 5. The van der Waals surface area contributed by atoms with Gasteiger partial charge in [-0.25, -0.2) is 19.2 Å². The molecular weight excluding hydrogens is 317 g/mol. The van der Waals surface area contributed by atoms with Crippen LogP contribution >= 0.6 is 15.9 Å². The van der Waals surface area contributed by atoms with Gasteiger partial charge < -0.3 is 10.1 Å². The molecule has 2 aromatic rings. The minimum absolute atomic E-state index is 0.119. The summed E-state index contributed by atoms with van der Waals surface area (Å²) < 4.78 is 17.9. The summed E-state index contributed by atoms with van der Waals surface area (Å²) in [5.41, 5.74) is 0.765. The fraction of sp³-hybridized carbons (Fsp3) is 0.0833. The van der Waals surface area contributed by atoms with Crippen LogP contribution in [0, 0.1) is 5.82 Å². The number of ether oxygens (including phenoxy) is 1. The highest BCUT2D eigenvalue weighted by Gasteiger charge is 2.07. The molecule has 0 aliphatic heterocycles. The van der Waals surface area contributed by atoms with Crippen LogP contribution in [-0.4, -0.2) is 23.0 Å². The molecule has 19 heavy (non-hydrogen) atoms. The Bertz CT molecular complexity index is 604. The fourth-order valence-electron chi connectivity index (χ4n) is 1.32. The third-order valence-electron chi connectivity index (χ3n) is 2.24. The molecule has 5 nitrogen and oxygen atoms in total. The molecule has 0 fully saturated rings. The van der Waals surface area contributed by atoms with Crippen molar-refractivity contribution in [2.45, 2.75) is 0 Å². The molecule has 0 saturated heterocycles. The molecule has 7 heteroatoms. The van der Waals surface area contributed by atoms with Crippen molar-refractivity contribution < 1.29 is 13.9 Å². The van der Waals surface area contributed by atoms with Gasteiger partial charge in [-0.3, -0.25) is 0 Å². The number of aromatic nitrogens is 2. The largest absolute Gasteiger partial charge is 0.464 e. The van der Waals surface area contributed by atoms with Crippen molar-refractivity contribution in [1.82, 2.24) is 9.97 Å². The normalized spacial score (nSPS) is 10.1. The van der Waals surface area contributed by atoms with E-state index in [1.165, 1.54) is 25.6 Å². The number of carbonyl (C=O) groups is 1. The Morgan fingerprint density at radius 1 is 1.37 bits per heavy atom. The topological polar surface area (TPSA) is 64.1 Å². The number of methoxy groups -OCH3 is 1. The van der Waals surface area contributed by atoms with Crippen LogP contribution < -0.4 is 5.32 Å². The molecule has 0 spiro atoms. The molecule has 98 valence electrons. The van der Waals surface area contributed by atoms with E-state index >= 15 is 0 Å². The smallest absolute Gasteiger partial charge is 0.358 e. The van der Waals surface area contributed by atoms with Crippen molar-refractivity contribution in [3.63, 3.8) is 0 Å². The Balaban J connectivity index is 2.15. The van der Waals surface area contributed by atoms with Gasteiger partial charge in [-0.15, -0.1) is 0 Å². The molecular formula is C12H9BrFN3O2. The molecule has 0 radical (unpaired) electrons. The molecule has 0 saturated carbocycles. The van der Waals surface area contributed by atoms with Gasteiger partial charge in [-0.1, -0.05) is 0 Å². The lowest BCUT2D eigenvalue weighted by atomic mass is 10.3. The van der Waals surface area contributed by atoms with Gasteiger partial charge in [-0.05, 0) is 34.1 Å². The molecule has 1 heterocycles. The number of esters is 1. The highest BCUT2D eigenvalue weighted by molar-refractivity contribution is 9.10. The van der Waals surface area contributed by atoms with E-state index in [4.69, 9.17) is 0 Å². The van der Waals surface area contributed by atoms with E-state index < -0.39 is 5.97 Å². The number of carbonyl (C=O) groups excluding carboxylic acids is 1. The van der Waals surface area contributed by atoms with E-state index in [1.807, 2.05) is 0 Å². The molecule has 1 aromatic carbocycles. The highest BCUT2D eigenvalue weighted by Crippen LogP contribution is 2.22. The number of halogens is 2. The minimum atomic E-state index is -0.552. The van der Waals surface area contributed by atoms with Crippen LogP contribution in [0.15, 0.2) is 35.1 Å². The van der Waals surface area contributed by atoms with E-state index in [2.05, 4.69) is 36.0 Å². The minimum Gasteiger partial charge on any atom is -0.464 e. The zero-order valence-corrected chi connectivity index (χ0v) is 11.4. The van der Waals surface area contributed by atoms with Gasteiger partial charge in [0, 0.05) is 5.69 Å². The fourth-order valence-corrected chi connectivity index (χ4v) is 1.70. The first kappa shape index (κ1) is 13.4. The van der Waals surface area contributed by atoms with Crippen LogP contribution in [-0.2, 0) is 4.74 Å². The Labute approximate surface area is 117 Å². The van der Waals surface area contributed by atoms with Crippen molar-refractivity contribution in [3.05, 3.63) is 46.6 Å². The summed E-state index contributed by atoms with van der Waals surface area (Å²) in [6.07, 6.45) is 2.69. The standard InChI is InChI=1S/C12H9BrFN3O2/c1-19-12(18)10-5-16-11(6-15-10)17-7-2-3-9(14)8(13)4-7/h2-6H,1H3,(H,16,17). The molecule has 0 aliphatic carbocycles. The van der Waals surface area contributed by atoms with Gasteiger partial charge in [0.2, 0.25) is 0 Å². The van der Waals surface area contributed by atoms with Gasteiger partial charge in [0.15, 0.2) is 5.69 Å². The SMILES string of the molecule is COC(=O)c1cnc(Nc2ccc(F)c(Br)c2)cn1. The van der Waals surface area contributed by atoms with E-state index in [0.29, 0.717) is 16.0 Å². The summed E-state index contributed by atoms with van der Waals surface area (Å²) >= 11 is 3.09. The van der Waals surface area contributed by atoms with E-state index in [0.717, 1.165) is 0 Å². The second kappa shape index (κ2) is 5.75. The maximum absolute atomic E-state index is 13.1. The predicted molar refractivity (Wildman–Crippen MR) is 70.8 cm³/mol. The second-order valence-electron chi connectivity index (χ2n) is 3.53. The van der Waals surface area contributed by atoms with Crippen LogP contribution in [0.25, 0.3) is 0 Å². The van der Waals surface area contributed by atoms with Gasteiger partial charge in [0.1, 0.15) is 11.6 Å². The molecule has 0 aliphatic rings.